The fourth-order valence-corrected chi connectivity index (χ4v) is 3.04. The van der Waals surface area contributed by atoms with Crippen molar-refractivity contribution < 1.29 is 14.7 Å². The van der Waals surface area contributed by atoms with E-state index in [0.29, 0.717) is 12.8 Å². The van der Waals surface area contributed by atoms with Crippen LogP contribution in [0.3, 0.4) is 0 Å². The standard InChI is InChI=1S/C18H26N2O3/c1-13(7-8-14-5-3-2-4-6-14)19-18(23)20-16-11-9-15(10-12-16)17(21)22/h2-6,13,15-16H,7-12H2,1H3,(H,21,22)(H2,19,20,23). The molecule has 126 valence electrons. The van der Waals surface area contributed by atoms with Gasteiger partial charge in [-0.15, -0.1) is 0 Å². The SMILES string of the molecule is CC(CCc1ccccc1)NC(=O)NC1CCC(C(=O)O)CC1. The third-order valence-electron chi connectivity index (χ3n) is 4.50. The van der Waals surface area contributed by atoms with E-state index in [2.05, 4.69) is 22.8 Å². The molecule has 1 atom stereocenters. The zero-order chi connectivity index (χ0) is 16.7. The highest BCUT2D eigenvalue weighted by atomic mass is 16.4. The van der Waals surface area contributed by atoms with E-state index < -0.39 is 5.97 Å². The molecule has 23 heavy (non-hydrogen) atoms. The lowest BCUT2D eigenvalue weighted by Crippen LogP contribution is -2.46. The first-order valence-electron chi connectivity index (χ1n) is 8.38. The first-order chi connectivity index (χ1) is 11.0. The number of carboxylic acids is 1. The summed E-state index contributed by atoms with van der Waals surface area (Å²) in [6.07, 6.45) is 4.59. The van der Waals surface area contributed by atoms with E-state index in [0.717, 1.165) is 25.7 Å². The molecule has 1 unspecified atom stereocenters. The Morgan fingerprint density at radius 1 is 1.17 bits per heavy atom. The number of urea groups is 1. The molecule has 2 rings (SSSR count). The van der Waals surface area contributed by atoms with E-state index in [4.69, 9.17) is 5.11 Å². The smallest absolute Gasteiger partial charge is 0.315 e. The summed E-state index contributed by atoms with van der Waals surface area (Å²) in [5, 5.41) is 14.9. The lowest BCUT2D eigenvalue weighted by molar-refractivity contribution is -0.142. The predicted octanol–water partition coefficient (Wildman–Crippen LogP) is 2.95. The van der Waals surface area contributed by atoms with Crippen molar-refractivity contribution in [2.45, 2.75) is 57.5 Å². The normalized spacial score (nSPS) is 22.1. The second-order valence-corrected chi connectivity index (χ2v) is 6.43. The Hall–Kier alpha value is -2.04. The highest BCUT2D eigenvalue weighted by Gasteiger charge is 2.26. The zero-order valence-electron chi connectivity index (χ0n) is 13.6. The summed E-state index contributed by atoms with van der Waals surface area (Å²) in [7, 11) is 0. The Balaban J connectivity index is 1.65. The molecule has 0 saturated heterocycles. The summed E-state index contributed by atoms with van der Waals surface area (Å²) < 4.78 is 0. The van der Waals surface area contributed by atoms with E-state index >= 15 is 0 Å². The van der Waals surface area contributed by atoms with Crippen LogP contribution in [-0.4, -0.2) is 29.2 Å². The lowest BCUT2D eigenvalue weighted by atomic mass is 9.86. The van der Waals surface area contributed by atoms with E-state index in [1.807, 2.05) is 25.1 Å². The minimum atomic E-state index is -0.720. The van der Waals surface area contributed by atoms with Crippen LogP contribution in [-0.2, 0) is 11.2 Å². The molecule has 5 heteroatoms. The van der Waals surface area contributed by atoms with Crippen molar-refractivity contribution >= 4 is 12.0 Å². The van der Waals surface area contributed by atoms with Gasteiger partial charge in [-0.2, -0.15) is 0 Å². The van der Waals surface area contributed by atoms with Crippen molar-refractivity contribution in [1.29, 1.82) is 0 Å². The van der Waals surface area contributed by atoms with E-state index in [9.17, 15) is 9.59 Å². The Labute approximate surface area is 137 Å². The molecule has 1 aromatic rings. The van der Waals surface area contributed by atoms with Gasteiger partial charge in [-0.25, -0.2) is 4.79 Å². The molecule has 0 spiro atoms. The van der Waals surface area contributed by atoms with Gasteiger partial charge >= 0.3 is 12.0 Å². The number of hydrogen-bond acceptors (Lipinski definition) is 2. The quantitative estimate of drug-likeness (QED) is 0.754. The van der Waals surface area contributed by atoms with Crippen LogP contribution in [0.5, 0.6) is 0 Å². The molecular formula is C18H26N2O3. The van der Waals surface area contributed by atoms with Gasteiger partial charge in [-0.3, -0.25) is 4.79 Å². The van der Waals surface area contributed by atoms with Gasteiger partial charge in [0.1, 0.15) is 0 Å². The van der Waals surface area contributed by atoms with Crippen molar-refractivity contribution in [3.63, 3.8) is 0 Å². The van der Waals surface area contributed by atoms with Crippen LogP contribution < -0.4 is 10.6 Å². The largest absolute Gasteiger partial charge is 0.481 e. The molecule has 2 amide bonds. The van der Waals surface area contributed by atoms with Crippen LogP contribution in [0.4, 0.5) is 4.79 Å². The molecule has 5 nitrogen and oxygen atoms in total. The van der Waals surface area contributed by atoms with Gasteiger partial charge in [0.2, 0.25) is 0 Å². The molecule has 1 aliphatic rings. The van der Waals surface area contributed by atoms with Crippen molar-refractivity contribution in [3.8, 4) is 0 Å². The summed E-state index contributed by atoms with van der Waals surface area (Å²) in [6.45, 7) is 2.00. The number of hydrogen-bond donors (Lipinski definition) is 3. The number of carboxylic acid groups (broad SMARTS) is 1. The second kappa shape index (κ2) is 8.56. The first kappa shape index (κ1) is 17.3. The Morgan fingerprint density at radius 2 is 1.83 bits per heavy atom. The maximum Gasteiger partial charge on any atom is 0.315 e. The molecule has 3 N–H and O–H groups in total. The average Bonchev–Trinajstić information content (AvgIpc) is 2.54. The number of carbonyl (C=O) groups excluding carboxylic acids is 1. The van der Waals surface area contributed by atoms with Crippen LogP contribution in [0.2, 0.25) is 0 Å². The van der Waals surface area contributed by atoms with E-state index in [-0.39, 0.29) is 24.0 Å². The number of carbonyl (C=O) groups is 2. The fraction of sp³-hybridized carbons (Fsp3) is 0.556. The Morgan fingerprint density at radius 3 is 2.43 bits per heavy atom. The summed E-state index contributed by atoms with van der Waals surface area (Å²) >= 11 is 0. The number of amides is 2. The van der Waals surface area contributed by atoms with Gasteiger partial charge in [-0.05, 0) is 51.0 Å². The molecule has 1 saturated carbocycles. The van der Waals surface area contributed by atoms with Gasteiger partial charge in [0.05, 0.1) is 5.92 Å². The highest BCUT2D eigenvalue weighted by Crippen LogP contribution is 2.24. The van der Waals surface area contributed by atoms with Crippen molar-refractivity contribution in [2.75, 3.05) is 0 Å². The minimum Gasteiger partial charge on any atom is -0.481 e. The van der Waals surface area contributed by atoms with Gasteiger partial charge < -0.3 is 15.7 Å². The van der Waals surface area contributed by atoms with Crippen molar-refractivity contribution in [2.24, 2.45) is 5.92 Å². The van der Waals surface area contributed by atoms with Crippen molar-refractivity contribution in [3.05, 3.63) is 35.9 Å². The summed E-state index contributed by atoms with van der Waals surface area (Å²) in [4.78, 5) is 22.9. The van der Waals surface area contributed by atoms with Gasteiger partial charge in [-0.1, -0.05) is 30.3 Å². The van der Waals surface area contributed by atoms with Crippen LogP contribution in [0.15, 0.2) is 30.3 Å². The van der Waals surface area contributed by atoms with Crippen LogP contribution in [0.1, 0.15) is 44.6 Å². The van der Waals surface area contributed by atoms with E-state index in [1.54, 1.807) is 0 Å². The molecular weight excluding hydrogens is 292 g/mol. The molecule has 0 heterocycles. The molecule has 1 aromatic carbocycles. The van der Waals surface area contributed by atoms with Crippen molar-refractivity contribution in [1.82, 2.24) is 10.6 Å². The molecule has 1 aliphatic carbocycles. The third kappa shape index (κ3) is 5.93. The predicted molar refractivity (Wildman–Crippen MR) is 89.3 cm³/mol. The Bertz CT molecular complexity index is 510. The topological polar surface area (TPSA) is 78.4 Å². The number of rotatable bonds is 6. The molecule has 0 aliphatic heterocycles. The number of aliphatic carboxylic acids is 1. The fourth-order valence-electron chi connectivity index (χ4n) is 3.04. The maximum atomic E-state index is 12.0. The van der Waals surface area contributed by atoms with Crippen LogP contribution in [0.25, 0.3) is 0 Å². The molecule has 0 radical (unpaired) electrons. The first-order valence-corrected chi connectivity index (χ1v) is 8.38. The molecule has 1 fully saturated rings. The second-order valence-electron chi connectivity index (χ2n) is 6.43. The number of nitrogens with one attached hydrogen (secondary N) is 2. The van der Waals surface area contributed by atoms with Crippen LogP contribution >= 0.6 is 0 Å². The van der Waals surface area contributed by atoms with E-state index in [1.165, 1.54) is 5.56 Å². The zero-order valence-corrected chi connectivity index (χ0v) is 13.6. The molecule has 0 aromatic heterocycles. The highest BCUT2D eigenvalue weighted by molar-refractivity contribution is 5.74. The van der Waals surface area contributed by atoms with Gasteiger partial charge in [0.15, 0.2) is 0 Å². The lowest BCUT2D eigenvalue weighted by Gasteiger charge is -2.27. The number of benzene rings is 1. The maximum absolute atomic E-state index is 12.0. The third-order valence-corrected chi connectivity index (χ3v) is 4.50. The van der Waals surface area contributed by atoms with Gasteiger partial charge in [0.25, 0.3) is 0 Å². The minimum absolute atomic E-state index is 0.0897. The Kier molecular flexibility index (Phi) is 6.44. The summed E-state index contributed by atoms with van der Waals surface area (Å²) in [6, 6.07) is 10.3. The summed E-state index contributed by atoms with van der Waals surface area (Å²) in [5.74, 6) is -0.969. The number of aryl methyl sites for hydroxylation is 1. The monoisotopic (exact) mass is 318 g/mol. The summed E-state index contributed by atoms with van der Waals surface area (Å²) in [5.41, 5.74) is 1.27. The molecule has 0 bridgehead atoms. The van der Waals surface area contributed by atoms with Gasteiger partial charge in [0, 0.05) is 12.1 Å². The van der Waals surface area contributed by atoms with Crippen LogP contribution in [0, 0.1) is 5.92 Å². The average molecular weight is 318 g/mol.